The molecule has 0 amide bonds. The van der Waals surface area contributed by atoms with E-state index in [4.69, 9.17) is 0 Å². The van der Waals surface area contributed by atoms with Gasteiger partial charge in [0.25, 0.3) is 0 Å². The molecular formula is C15H27BrN4. The molecule has 2 rings (SSSR count). The Morgan fingerprint density at radius 2 is 2.25 bits per heavy atom. The maximum Gasteiger partial charge on any atom is 0.0767 e. The van der Waals surface area contributed by atoms with Crippen molar-refractivity contribution in [2.45, 2.75) is 58.7 Å². The summed E-state index contributed by atoms with van der Waals surface area (Å²) in [6, 6.07) is 1.19. The number of aromatic nitrogens is 2. The molecule has 1 fully saturated rings. The number of nitrogens with zero attached hydrogens (tertiary/aromatic N) is 3. The summed E-state index contributed by atoms with van der Waals surface area (Å²) in [5.74, 6) is 0. The molecule has 0 aromatic carbocycles. The second kappa shape index (κ2) is 7.05. The second-order valence-corrected chi connectivity index (χ2v) is 6.79. The first-order chi connectivity index (χ1) is 9.52. The summed E-state index contributed by atoms with van der Waals surface area (Å²) in [5.41, 5.74) is 2.44. The van der Waals surface area contributed by atoms with Crippen molar-refractivity contribution in [3.63, 3.8) is 0 Å². The minimum Gasteiger partial charge on any atom is -0.313 e. The maximum absolute atomic E-state index is 4.60. The van der Waals surface area contributed by atoms with Crippen LogP contribution >= 0.6 is 15.9 Å². The highest BCUT2D eigenvalue weighted by molar-refractivity contribution is 9.10. The average molecular weight is 343 g/mol. The molecule has 0 aliphatic carbocycles. The van der Waals surface area contributed by atoms with Crippen LogP contribution in [0.5, 0.6) is 0 Å². The van der Waals surface area contributed by atoms with Crippen LogP contribution in [0.15, 0.2) is 4.47 Å². The molecule has 114 valence electrons. The Morgan fingerprint density at radius 1 is 1.50 bits per heavy atom. The van der Waals surface area contributed by atoms with Crippen molar-refractivity contribution < 1.29 is 0 Å². The van der Waals surface area contributed by atoms with Crippen molar-refractivity contribution >= 4 is 15.9 Å². The molecule has 0 bridgehead atoms. The van der Waals surface area contributed by atoms with Gasteiger partial charge in [-0.3, -0.25) is 9.58 Å². The number of rotatable bonds is 6. The molecule has 4 nitrogen and oxygen atoms in total. The number of halogens is 1. The Hall–Kier alpha value is -0.390. The first kappa shape index (κ1) is 16.0. The van der Waals surface area contributed by atoms with Gasteiger partial charge < -0.3 is 5.32 Å². The van der Waals surface area contributed by atoms with Crippen LogP contribution in [-0.2, 0) is 20.0 Å². The molecule has 1 aliphatic heterocycles. The van der Waals surface area contributed by atoms with E-state index in [-0.39, 0.29) is 0 Å². The predicted octanol–water partition coefficient (Wildman–Crippen LogP) is 2.71. The lowest BCUT2D eigenvalue weighted by atomic mass is 10.2. The standard InChI is InChI=1S/C15H27BrN4/c1-5-13-15(16)14(19(4)18-13)10-20(11(2)3)9-12-7-6-8-17-12/h11-12,17H,5-10H2,1-4H3. The molecule has 20 heavy (non-hydrogen) atoms. The Balaban J connectivity index is 2.09. The highest BCUT2D eigenvalue weighted by Gasteiger charge is 2.22. The van der Waals surface area contributed by atoms with Gasteiger partial charge in [0.15, 0.2) is 0 Å². The molecule has 1 saturated heterocycles. The van der Waals surface area contributed by atoms with Gasteiger partial charge in [-0.2, -0.15) is 5.10 Å². The van der Waals surface area contributed by atoms with Gasteiger partial charge in [-0.1, -0.05) is 6.92 Å². The van der Waals surface area contributed by atoms with E-state index in [2.05, 4.69) is 52.0 Å². The summed E-state index contributed by atoms with van der Waals surface area (Å²) in [5, 5.41) is 8.20. The van der Waals surface area contributed by atoms with Crippen LogP contribution < -0.4 is 5.32 Å². The zero-order valence-corrected chi connectivity index (χ0v) is 14.7. The van der Waals surface area contributed by atoms with E-state index in [9.17, 15) is 0 Å². The van der Waals surface area contributed by atoms with E-state index in [0.717, 1.165) is 25.2 Å². The van der Waals surface area contributed by atoms with Crippen molar-refractivity contribution in [3.05, 3.63) is 15.9 Å². The molecule has 1 N–H and O–H groups in total. The van der Waals surface area contributed by atoms with Crippen LogP contribution in [-0.4, -0.2) is 39.9 Å². The Labute approximate surface area is 131 Å². The first-order valence-electron chi connectivity index (χ1n) is 7.70. The third kappa shape index (κ3) is 3.62. The predicted molar refractivity (Wildman–Crippen MR) is 86.9 cm³/mol. The van der Waals surface area contributed by atoms with E-state index >= 15 is 0 Å². The lowest BCUT2D eigenvalue weighted by Gasteiger charge is -2.29. The Morgan fingerprint density at radius 3 is 2.75 bits per heavy atom. The highest BCUT2D eigenvalue weighted by atomic mass is 79.9. The van der Waals surface area contributed by atoms with Crippen LogP contribution in [0.25, 0.3) is 0 Å². The van der Waals surface area contributed by atoms with Gasteiger partial charge >= 0.3 is 0 Å². The monoisotopic (exact) mass is 342 g/mol. The van der Waals surface area contributed by atoms with Gasteiger partial charge in [-0.15, -0.1) is 0 Å². The lowest BCUT2D eigenvalue weighted by molar-refractivity contribution is 0.189. The molecule has 1 aliphatic rings. The fraction of sp³-hybridized carbons (Fsp3) is 0.800. The summed E-state index contributed by atoms with van der Waals surface area (Å²) in [6.07, 6.45) is 3.59. The SMILES string of the molecule is CCc1nn(C)c(CN(CC2CCCN2)C(C)C)c1Br. The zero-order chi connectivity index (χ0) is 14.7. The van der Waals surface area contributed by atoms with E-state index < -0.39 is 0 Å². The average Bonchev–Trinajstić information content (AvgIpc) is 3.00. The fourth-order valence-electron chi connectivity index (χ4n) is 2.84. The summed E-state index contributed by atoms with van der Waals surface area (Å²) in [4.78, 5) is 2.55. The van der Waals surface area contributed by atoms with Gasteiger partial charge in [-0.25, -0.2) is 0 Å². The summed E-state index contributed by atoms with van der Waals surface area (Å²) in [6.45, 7) is 9.96. The number of aryl methyl sites for hydroxylation is 2. The quantitative estimate of drug-likeness (QED) is 0.862. The zero-order valence-electron chi connectivity index (χ0n) is 13.1. The number of hydrogen-bond donors (Lipinski definition) is 1. The minimum absolute atomic E-state index is 0.546. The van der Waals surface area contributed by atoms with E-state index in [0.29, 0.717) is 12.1 Å². The molecule has 1 aromatic heterocycles. The van der Waals surface area contributed by atoms with E-state index in [1.54, 1.807) is 0 Å². The minimum atomic E-state index is 0.546. The third-order valence-corrected chi connectivity index (χ3v) is 5.12. The van der Waals surface area contributed by atoms with Crippen molar-refractivity contribution in [3.8, 4) is 0 Å². The van der Waals surface area contributed by atoms with Crippen molar-refractivity contribution in [2.24, 2.45) is 7.05 Å². The molecule has 2 heterocycles. The van der Waals surface area contributed by atoms with Crippen molar-refractivity contribution in [1.82, 2.24) is 20.0 Å². The van der Waals surface area contributed by atoms with Gasteiger partial charge in [0, 0.05) is 32.2 Å². The summed E-state index contributed by atoms with van der Waals surface area (Å²) < 4.78 is 3.22. The summed E-state index contributed by atoms with van der Waals surface area (Å²) >= 11 is 3.73. The number of hydrogen-bond acceptors (Lipinski definition) is 3. The molecule has 0 saturated carbocycles. The molecule has 0 spiro atoms. The second-order valence-electron chi connectivity index (χ2n) is 6.00. The van der Waals surface area contributed by atoms with Crippen LogP contribution in [0.1, 0.15) is 45.0 Å². The molecule has 1 unspecified atom stereocenters. The lowest BCUT2D eigenvalue weighted by Crippen LogP contribution is -2.41. The fourth-order valence-corrected chi connectivity index (χ4v) is 3.58. The molecule has 1 aromatic rings. The van der Waals surface area contributed by atoms with Gasteiger partial charge in [0.1, 0.15) is 0 Å². The molecular weight excluding hydrogens is 316 g/mol. The van der Waals surface area contributed by atoms with E-state index in [1.165, 1.54) is 29.6 Å². The number of nitrogens with one attached hydrogen (secondary N) is 1. The van der Waals surface area contributed by atoms with Crippen LogP contribution in [0.4, 0.5) is 0 Å². The molecule has 1 atom stereocenters. The first-order valence-corrected chi connectivity index (χ1v) is 8.49. The summed E-state index contributed by atoms with van der Waals surface area (Å²) in [7, 11) is 2.05. The van der Waals surface area contributed by atoms with Crippen LogP contribution in [0, 0.1) is 0 Å². The van der Waals surface area contributed by atoms with Crippen LogP contribution in [0.2, 0.25) is 0 Å². The molecule has 5 heteroatoms. The maximum atomic E-state index is 4.60. The smallest absolute Gasteiger partial charge is 0.0767 e. The molecule has 0 radical (unpaired) electrons. The van der Waals surface area contributed by atoms with E-state index in [1.807, 2.05) is 11.7 Å². The Bertz CT molecular complexity index is 435. The van der Waals surface area contributed by atoms with Gasteiger partial charge in [0.2, 0.25) is 0 Å². The van der Waals surface area contributed by atoms with Crippen LogP contribution in [0.3, 0.4) is 0 Å². The van der Waals surface area contributed by atoms with Gasteiger partial charge in [-0.05, 0) is 55.6 Å². The van der Waals surface area contributed by atoms with Gasteiger partial charge in [0.05, 0.1) is 15.9 Å². The topological polar surface area (TPSA) is 33.1 Å². The third-order valence-electron chi connectivity index (χ3n) is 4.20. The highest BCUT2D eigenvalue weighted by Crippen LogP contribution is 2.24. The van der Waals surface area contributed by atoms with Crippen molar-refractivity contribution in [1.29, 1.82) is 0 Å². The largest absolute Gasteiger partial charge is 0.313 e. The Kier molecular flexibility index (Phi) is 5.64. The van der Waals surface area contributed by atoms with Crippen molar-refractivity contribution in [2.75, 3.05) is 13.1 Å². The normalized spacial score (nSPS) is 19.4.